The minimum absolute atomic E-state index is 0.0617. The first-order valence-electron chi connectivity index (χ1n) is 10.7. The van der Waals surface area contributed by atoms with Crippen molar-refractivity contribution in [3.63, 3.8) is 0 Å². The van der Waals surface area contributed by atoms with Crippen molar-refractivity contribution in [2.24, 2.45) is 0 Å². The number of ether oxygens (including phenoxy) is 3. The molecule has 0 saturated carbocycles. The number of hydrogen-bond donors (Lipinski definition) is 3. The number of allylic oxidation sites excluding steroid dienone is 1. The van der Waals surface area contributed by atoms with Gasteiger partial charge in [-0.25, -0.2) is 0 Å². The number of phenols is 2. The quantitative estimate of drug-likeness (QED) is 0.466. The lowest BCUT2D eigenvalue weighted by Gasteiger charge is -2.44. The van der Waals surface area contributed by atoms with Gasteiger partial charge in [-0.05, 0) is 63.6 Å². The van der Waals surface area contributed by atoms with E-state index in [1.807, 2.05) is 13.8 Å². The molecule has 0 spiro atoms. The van der Waals surface area contributed by atoms with E-state index in [0.29, 0.717) is 11.1 Å². The molecular formula is C26H28O7. The van der Waals surface area contributed by atoms with Gasteiger partial charge in [-0.15, -0.1) is 0 Å². The van der Waals surface area contributed by atoms with E-state index in [2.05, 4.69) is 0 Å². The maximum Gasteiger partial charge on any atom is 0.193 e. The van der Waals surface area contributed by atoms with Crippen LogP contribution >= 0.6 is 0 Å². The van der Waals surface area contributed by atoms with Gasteiger partial charge in [0.2, 0.25) is 0 Å². The molecule has 0 aliphatic carbocycles. The minimum atomic E-state index is -1.15. The summed E-state index contributed by atoms with van der Waals surface area (Å²) in [5.41, 5.74) is -0.476. The monoisotopic (exact) mass is 452 g/mol. The number of aliphatic hydroxyl groups excluding tert-OH is 1. The number of fused-ring (bicyclic) bond motifs is 3. The van der Waals surface area contributed by atoms with Gasteiger partial charge in [0, 0.05) is 7.11 Å². The number of aliphatic hydroxyl groups is 1. The number of ketones is 1. The van der Waals surface area contributed by atoms with E-state index in [4.69, 9.17) is 14.2 Å². The van der Waals surface area contributed by atoms with E-state index < -0.39 is 29.2 Å². The number of rotatable bonds is 4. The SMILES string of the molecule is CO[C@@H]1[C@@H](O)c2c3c(c(O)c(C(=O)/C=C/c4ccc(O)cc4)c2OC1(C)C)C=CC(C)(C)O3. The van der Waals surface area contributed by atoms with E-state index in [1.165, 1.54) is 25.3 Å². The van der Waals surface area contributed by atoms with E-state index in [0.717, 1.165) is 0 Å². The lowest BCUT2D eigenvalue weighted by molar-refractivity contribution is -0.130. The highest BCUT2D eigenvalue weighted by molar-refractivity contribution is 6.12. The Morgan fingerprint density at radius 2 is 1.73 bits per heavy atom. The molecular weight excluding hydrogens is 424 g/mol. The summed E-state index contributed by atoms with van der Waals surface area (Å²) in [5, 5.41) is 31.9. The Morgan fingerprint density at radius 1 is 1.06 bits per heavy atom. The average Bonchev–Trinajstić information content (AvgIpc) is 2.72. The second-order valence-electron chi connectivity index (χ2n) is 9.34. The zero-order chi connectivity index (χ0) is 24.1. The Kier molecular flexibility index (Phi) is 5.50. The molecule has 2 aromatic rings. The molecule has 7 heteroatoms. The van der Waals surface area contributed by atoms with Gasteiger partial charge in [-0.3, -0.25) is 4.79 Å². The van der Waals surface area contributed by atoms with Crippen LogP contribution in [0.4, 0.5) is 0 Å². The van der Waals surface area contributed by atoms with Crippen LogP contribution < -0.4 is 9.47 Å². The van der Waals surface area contributed by atoms with Crippen molar-refractivity contribution in [3.8, 4) is 23.0 Å². The van der Waals surface area contributed by atoms with E-state index in [1.54, 1.807) is 44.2 Å². The fourth-order valence-electron chi connectivity index (χ4n) is 4.29. The molecule has 0 radical (unpaired) electrons. The first kappa shape index (κ1) is 22.9. The van der Waals surface area contributed by atoms with Crippen LogP contribution in [0.1, 0.15) is 60.8 Å². The second kappa shape index (κ2) is 7.93. The van der Waals surface area contributed by atoms with Crippen LogP contribution in [0.3, 0.4) is 0 Å². The summed E-state index contributed by atoms with van der Waals surface area (Å²) in [4.78, 5) is 13.3. The smallest absolute Gasteiger partial charge is 0.193 e. The predicted molar refractivity (Wildman–Crippen MR) is 124 cm³/mol. The molecule has 4 rings (SSSR count). The number of phenolic OH excluding ortho intramolecular Hbond substituents is 2. The summed E-state index contributed by atoms with van der Waals surface area (Å²) in [5.74, 6) is -0.332. The van der Waals surface area contributed by atoms with Gasteiger partial charge in [-0.2, -0.15) is 0 Å². The number of carbonyl (C=O) groups excluding carboxylic acids is 1. The number of benzene rings is 2. The standard InChI is InChI=1S/C26H28O7/c1-25(2)13-12-16-20(29)18(17(28)11-8-14-6-9-15(27)10-7-14)23-19(22(16)32-25)21(30)24(31-5)26(3,4)33-23/h6-13,21,24,27,29-30H,1-5H3/b11-8+/t21-,24+/m0/s1. The largest absolute Gasteiger partial charge is 0.508 e. The van der Waals surface area contributed by atoms with Crippen LogP contribution in [0, 0.1) is 0 Å². The van der Waals surface area contributed by atoms with Crippen LogP contribution in [-0.2, 0) is 4.74 Å². The van der Waals surface area contributed by atoms with Crippen molar-refractivity contribution in [2.45, 2.75) is 51.1 Å². The third kappa shape index (κ3) is 3.98. The van der Waals surface area contributed by atoms with Crippen molar-refractivity contribution < 1.29 is 34.3 Å². The molecule has 33 heavy (non-hydrogen) atoms. The summed E-state index contributed by atoms with van der Waals surface area (Å²) in [6.45, 7) is 7.19. The number of aromatic hydroxyl groups is 2. The molecule has 2 aromatic carbocycles. The molecule has 0 saturated heterocycles. The molecule has 2 aliphatic rings. The normalized spacial score (nSPS) is 22.2. The predicted octanol–water partition coefficient (Wildman–Crippen LogP) is 4.40. The molecule has 0 unspecified atom stereocenters. The Bertz CT molecular complexity index is 1160. The minimum Gasteiger partial charge on any atom is -0.508 e. The summed E-state index contributed by atoms with van der Waals surface area (Å²) in [6.07, 6.45) is 4.46. The third-order valence-electron chi connectivity index (χ3n) is 5.92. The van der Waals surface area contributed by atoms with Gasteiger partial charge >= 0.3 is 0 Å². The summed E-state index contributed by atoms with van der Waals surface area (Å²) in [7, 11) is 1.48. The average molecular weight is 453 g/mol. The van der Waals surface area contributed by atoms with Crippen molar-refractivity contribution in [2.75, 3.05) is 7.11 Å². The first-order valence-corrected chi connectivity index (χ1v) is 10.7. The summed E-state index contributed by atoms with van der Waals surface area (Å²) in [6, 6.07) is 6.34. The highest BCUT2D eigenvalue weighted by Crippen LogP contribution is 2.54. The Morgan fingerprint density at radius 3 is 2.36 bits per heavy atom. The lowest BCUT2D eigenvalue weighted by Crippen LogP contribution is -2.50. The Labute approximate surface area is 192 Å². The molecule has 7 nitrogen and oxygen atoms in total. The molecule has 0 aromatic heterocycles. The van der Waals surface area contributed by atoms with Gasteiger partial charge in [0.25, 0.3) is 0 Å². The first-order chi connectivity index (χ1) is 15.4. The fourth-order valence-corrected chi connectivity index (χ4v) is 4.29. The van der Waals surface area contributed by atoms with Crippen LogP contribution in [-0.4, -0.2) is 45.5 Å². The maximum atomic E-state index is 13.3. The van der Waals surface area contributed by atoms with Gasteiger partial charge in [-0.1, -0.05) is 18.2 Å². The van der Waals surface area contributed by atoms with Crippen molar-refractivity contribution in [1.82, 2.24) is 0 Å². The summed E-state index contributed by atoms with van der Waals surface area (Å²) < 4.78 is 17.8. The second-order valence-corrected chi connectivity index (χ2v) is 9.34. The zero-order valence-corrected chi connectivity index (χ0v) is 19.2. The highest BCUT2D eigenvalue weighted by Gasteiger charge is 2.48. The fraction of sp³-hybridized carbons (Fsp3) is 0.346. The molecule has 174 valence electrons. The molecule has 0 fully saturated rings. The molecule has 2 heterocycles. The zero-order valence-electron chi connectivity index (χ0n) is 19.2. The Hall–Kier alpha value is -3.29. The molecule has 2 atom stereocenters. The van der Waals surface area contributed by atoms with Crippen LogP contribution in [0.25, 0.3) is 12.2 Å². The van der Waals surface area contributed by atoms with Crippen LogP contribution in [0.5, 0.6) is 23.0 Å². The number of methoxy groups -OCH3 is 1. The van der Waals surface area contributed by atoms with Crippen molar-refractivity contribution in [3.05, 3.63) is 58.7 Å². The molecule has 0 bridgehead atoms. The van der Waals surface area contributed by atoms with E-state index in [9.17, 15) is 20.1 Å². The molecule has 2 aliphatic heterocycles. The summed E-state index contributed by atoms with van der Waals surface area (Å²) >= 11 is 0. The molecule has 3 N–H and O–H groups in total. The number of hydrogen-bond acceptors (Lipinski definition) is 7. The highest BCUT2D eigenvalue weighted by atomic mass is 16.6. The van der Waals surface area contributed by atoms with Gasteiger partial charge in [0.15, 0.2) is 5.78 Å². The van der Waals surface area contributed by atoms with Gasteiger partial charge in [0.1, 0.15) is 52.0 Å². The van der Waals surface area contributed by atoms with Crippen molar-refractivity contribution in [1.29, 1.82) is 0 Å². The maximum absolute atomic E-state index is 13.3. The molecule has 0 amide bonds. The lowest BCUT2D eigenvalue weighted by atomic mass is 9.83. The number of carbonyl (C=O) groups is 1. The van der Waals surface area contributed by atoms with Gasteiger partial charge in [0.05, 0.1) is 11.1 Å². The Balaban J connectivity index is 1.90. The topological polar surface area (TPSA) is 105 Å². The van der Waals surface area contributed by atoms with Crippen LogP contribution in [0.2, 0.25) is 0 Å². The van der Waals surface area contributed by atoms with Crippen molar-refractivity contribution >= 4 is 17.9 Å². The van der Waals surface area contributed by atoms with E-state index >= 15 is 0 Å². The van der Waals surface area contributed by atoms with E-state index in [-0.39, 0.29) is 34.1 Å². The van der Waals surface area contributed by atoms with Crippen LogP contribution in [0.15, 0.2) is 36.4 Å². The third-order valence-corrected chi connectivity index (χ3v) is 5.92. The van der Waals surface area contributed by atoms with Gasteiger partial charge < -0.3 is 29.5 Å².